The average molecular weight is 347 g/mol. The third-order valence-electron chi connectivity index (χ3n) is 2.68. The van der Waals surface area contributed by atoms with Crippen molar-refractivity contribution >= 4 is 33.2 Å². The highest BCUT2D eigenvalue weighted by molar-refractivity contribution is 7.98. The van der Waals surface area contributed by atoms with Crippen molar-refractivity contribution in [3.8, 4) is 0 Å². The highest BCUT2D eigenvalue weighted by atomic mass is 35.5. The Kier molecular flexibility index (Phi) is 5.29. The summed E-state index contributed by atoms with van der Waals surface area (Å²) < 4.78 is 27.4. The molecule has 0 saturated heterocycles. The van der Waals surface area contributed by atoms with Crippen molar-refractivity contribution in [3.05, 3.63) is 46.6 Å². The Morgan fingerprint density at radius 2 is 2.19 bits per heavy atom. The van der Waals surface area contributed by atoms with Crippen molar-refractivity contribution in [1.82, 2.24) is 10.1 Å². The summed E-state index contributed by atoms with van der Waals surface area (Å²) in [6.45, 7) is 2.06. The number of rotatable bonds is 6. The zero-order valence-corrected chi connectivity index (χ0v) is 14.0. The van der Waals surface area contributed by atoms with E-state index in [0.717, 1.165) is 11.8 Å². The number of thioether (sulfide) groups is 1. The first-order chi connectivity index (χ1) is 9.83. The van der Waals surface area contributed by atoms with E-state index in [1.165, 1.54) is 0 Å². The van der Waals surface area contributed by atoms with E-state index in [1.54, 1.807) is 11.8 Å². The monoisotopic (exact) mass is 346 g/mol. The number of hydrogen-bond acceptors (Lipinski definition) is 6. The number of hydrogen-bond donors (Lipinski definition) is 0. The van der Waals surface area contributed by atoms with Gasteiger partial charge in [-0.15, -0.1) is 11.8 Å². The Bertz CT molecular complexity index is 716. The van der Waals surface area contributed by atoms with E-state index >= 15 is 0 Å². The summed E-state index contributed by atoms with van der Waals surface area (Å²) in [5, 5.41) is 4.59. The minimum absolute atomic E-state index is 0.198. The standard InChI is InChI=1S/C13H15ClN2O3S2/c1-9(10-4-3-5-11(14)6-10)20-7-13-15-12(16-19-13)8-21(2,17)18/h3-6,9H,7-8H2,1-2H3. The van der Waals surface area contributed by atoms with Crippen molar-refractivity contribution in [1.29, 1.82) is 0 Å². The molecule has 0 aliphatic rings. The number of sulfone groups is 1. The van der Waals surface area contributed by atoms with Gasteiger partial charge in [0.15, 0.2) is 15.7 Å². The van der Waals surface area contributed by atoms with Gasteiger partial charge in [-0.3, -0.25) is 0 Å². The molecule has 0 N–H and O–H groups in total. The highest BCUT2D eigenvalue weighted by Gasteiger charge is 2.14. The lowest BCUT2D eigenvalue weighted by molar-refractivity contribution is 0.386. The van der Waals surface area contributed by atoms with E-state index in [2.05, 4.69) is 17.1 Å². The normalized spacial score (nSPS) is 13.3. The van der Waals surface area contributed by atoms with Crippen molar-refractivity contribution in [2.24, 2.45) is 0 Å². The van der Waals surface area contributed by atoms with Gasteiger partial charge in [-0.2, -0.15) is 4.98 Å². The van der Waals surface area contributed by atoms with Gasteiger partial charge in [0.05, 0.1) is 5.75 Å². The van der Waals surface area contributed by atoms with E-state index in [4.69, 9.17) is 16.1 Å². The Labute approximate surface area is 133 Å². The SMILES string of the molecule is CC(SCc1nc(CS(C)(=O)=O)no1)c1cccc(Cl)c1. The molecular formula is C13H15ClN2O3S2. The van der Waals surface area contributed by atoms with Crippen molar-refractivity contribution in [2.75, 3.05) is 6.26 Å². The molecule has 8 heteroatoms. The zero-order chi connectivity index (χ0) is 15.5. The van der Waals surface area contributed by atoms with Crippen LogP contribution in [-0.2, 0) is 21.3 Å². The van der Waals surface area contributed by atoms with Crippen molar-refractivity contribution in [2.45, 2.75) is 23.7 Å². The molecule has 1 aromatic heterocycles. The molecular weight excluding hydrogens is 332 g/mol. The van der Waals surface area contributed by atoms with E-state index < -0.39 is 9.84 Å². The van der Waals surface area contributed by atoms with Crippen LogP contribution in [-0.4, -0.2) is 24.8 Å². The van der Waals surface area contributed by atoms with Gasteiger partial charge in [-0.25, -0.2) is 8.42 Å². The van der Waals surface area contributed by atoms with Gasteiger partial charge >= 0.3 is 0 Å². The van der Waals surface area contributed by atoms with Crippen LogP contribution in [0.3, 0.4) is 0 Å². The summed E-state index contributed by atoms with van der Waals surface area (Å²) in [6.07, 6.45) is 1.14. The Balaban J connectivity index is 1.94. The van der Waals surface area contributed by atoms with Crippen LogP contribution in [0, 0.1) is 0 Å². The second kappa shape index (κ2) is 6.81. The van der Waals surface area contributed by atoms with E-state index in [-0.39, 0.29) is 16.8 Å². The fourth-order valence-electron chi connectivity index (χ4n) is 1.69. The first-order valence-electron chi connectivity index (χ1n) is 6.20. The molecule has 0 saturated carbocycles. The summed E-state index contributed by atoms with van der Waals surface area (Å²) in [5.41, 5.74) is 1.11. The second-order valence-corrected chi connectivity index (χ2v) is 8.59. The number of aromatic nitrogens is 2. The van der Waals surface area contributed by atoms with Gasteiger partial charge in [0.2, 0.25) is 5.89 Å². The Morgan fingerprint density at radius 1 is 1.43 bits per heavy atom. The molecule has 0 bridgehead atoms. The van der Waals surface area contributed by atoms with Crippen LogP contribution in [0.25, 0.3) is 0 Å². The first kappa shape index (κ1) is 16.3. The van der Waals surface area contributed by atoms with Gasteiger partial charge < -0.3 is 4.52 Å². The lowest BCUT2D eigenvalue weighted by atomic mass is 10.2. The molecule has 5 nitrogen and oxygen atoms in total. The first-order valence-corrected chi connectivity index (χ1v) is 9.68. The molecule has 1 heterocycles. The van der Waals surface area contributed by atoms with E-state index in [0.29, 0.717) is 16.7 Å². The van der Waals surface area contributed by atoms with Crippen LogP contribution in [0.4, 0.5) is 0 Å². The summed E-state index contributed by atoms with van der Waals surface area (Å²) in [4.78, 5) is 4.07. The molecule has 2 rings (SSSR count). The summed E-state index contributed by atoms with van der Waals surface area (Å²) in [5.74, 6) is 0.936. The van der Waals surface area contributed by atoms with Crippen LogP contribution in [0.5, 0.6) is 0 Å². The maximum Gasteiger partial charge on any atom is 0.236 e. The third kappa shape index (κ3) is 5.33. The Morgan fingerprint density at radius 3 is 2.86 bits per heavy atom. The second-order valence-electron chi connectivity index (χ2n) is 4.68. The lowest BCUT2D eigenvalue weighted by Crippen LogP contribution is -2.02. The number of nitrogens with zero attached hydrogens (tertiary/aromatic N) is 2. The van der Waals surface area contributed by atoms with Crippen LogP contribution in [0.2, 0.25) is 5.02 Å². The smallest absolute Gasteiger partial charge is 0.236 e. The third-order valence-corrected chi connectivity index (χ3v) is 4.88. The number of benzene rings is 1. The molecule has 0 radical (unpaired) electrons. The topological polar surface area (TPSA) is 73.1 Å². The average Bonchev–Trinajstić information content (AvgIpc) is 2.81. The van der Waals surface area contributed by atoms with Crippen LogP contribution in [0.15, 0.2) is 28.8 Å². The minimum Gasteiger partial charge on any atom is -0.338 e. The Hall–Kier alpha value is -1.05. The summed E-state index contributed by atoms with van der Waals surface area (Å²) in [7, 11) is -3.15. The molecule has 1 unspecified atom stereocenters. The lowest BCUT2D eigenvalue weighted by Gasteiger charge is -2.10. The summed E-state index contributed by atoms with van der Waals surface area (Å²) >= 11 is 7.58. The molecule has 0 spiro atoms. The molecule has 21 heavy (non-hydrogen) atoms. The van der Waals surface area contributed by atoms with Gasteiger partial charge in [0, 0.05) is 16.5 Å². The molecule has 0 aliphatic carbocycles. The fourth-order valence-corrected chi connectivity index (χ4v) is 3.33. The minimum atomic E-state index is -3.15. The van der Waals surface area contributed by atoms with Crippen molar-refractivity contribution < 1.29 is 12.9 Å². The maximum absolute atomic E-state index is 11.2. The molecule has 0 aliphatic heterocycles. The van der Waals surface area contributed by atoms with Crippen LogP contribution >= 0.6 is 23.4 Å². The van der Waals surface area contributed by atoms with Gasteiger partial charge in [-0.1, -0.05) is 28.9 Å². The predicted octanol–water partition coefficient (Wildman–Crippen LogP) is 3.26. The largest absolute Gasteiger partial charge is 0.338 e. The predicted molar refractivity (Wildman–Crippen MR) is 84.0 cm³/mol. The molecule has 0 amide bonds. The van der Waals surface area contributed by atoms with Crippen LogP contribution < -0.4 is 0 Å². The van der Waals surface area contributed by atoms with E-state index in [1.807, 2.05) is 24.3 Å². The van der Waals surface area contributed by atoms with Gasteiger partial charge in [0.1, 0.15) is 5.75 Å². The van der Waals surface area contributed by atoms with Crippen molar-refractivity contribution in [3.63, 3.8) is 0 Å². The zero-order valence-electron chi connectivity index (χ0n) is 11.6. The molecule has 0 fully saturated rings. The molecule has 1 atom stereocenters. The quantitative estimate of drug-likeness (QED) is 0.799. The van der Waals surface area contributed by atoms with Crippen LogP contribution in [0.1, 0.15) is 29.5 Å². The molecule has 2 aromatic rings. The van der Waals surface area contributed by atoms with Gasteiger partial charge in [0.25, 0.3) is 0 Å². The highest BCUT2D eigenvalue weighted by Crippen LogP contribution is 2.31. The summed E-state index contributed by atoms with van der Waals surface area (Å²) in [6, 6.07) is 7.66. The fraction of sp³-hybridized carbons (Fsp3) is 0.385. The maximum atomic E-state index is 11.2. The molecule has 1 aromatic carbocycles. The molecule has 114 valence electrons. The van der Waals surface area contributed by atoms with E-state index in [9.17, 15) is 8.42 Å². The number of halogens is 1. The van der Waals surface area contributed by atoms with Gasteiger partial charge in [-0.05, 0) is 24.6 Å².